The van der Waals surface area contributed by atoms with Crippen LogP contribution in [0.2, 0.25) is 4.34 Å². The molecule has 0 aliphatic carbocycles. The van der Waals surface area contributed by atoms with Crippen molar-refractivity contribution in [3.8, 4) is 0 Å². The van der Waals surface area contributed by atoms with E-state index in [2.05, 4.69) is 50.7 Å². The zero-order valence-corrected chi connectivity index (χ0v) is 13.4. The predicted molar refractivity (Wildman–Crippen MR) is 82.2 cm³/mol. The lowest BCUT2D eigenvalue weighted by Gasteiger charge is -2.09. The van der Waals surface area contributed by atoms with Crippen LogP contribution >= 0.6 is 61.5 Å². The van der Waals surface area contributed by atoms with Crippen molar-refractivity contribution in [2.24, 2.45) is 5.73 Å². The molecule has 0 fully saturated rings. The van der Waals surface area contributed by atoms with E-state index in [0.717, 1.165) is 19.2 Å². The standard InChI is InChI=1S/C11H8BrClINS/c12-8-5-9(16-11(8)13)10(15)6-1-3-7(14)4-2-6/h1-5,10H,15H2. The molecule has 0 radical (unpaired) electrons. The highest BCUT2D eigenvalue weighted by Gasteiger charge is 2.13. The minimum atomic E-state index is -0.106. The van der Waals surface area contributed by atoms with Crippen molar-refractivity contribution in [3.05, 3.63) is 53.2 Å². The van der Waals surface area contributed by atoms with E-state index >= 15 is 0 Å². The largest absolute Gasteiger partial charge is 0.320 e. The predicted octanol–water partition coefficient (Wildman–Crippen LogP) is 4.82. The zero-order chi connectivity index (χ0) is 11.7. The van der Waals surface area contributed by atoms with E-state index in [9.17, 15) is 0 Å². The van der Waals surface area contributed by atoms with E-state index in [4.69, 9.17) is 17.3 Å². The molecule has 1 unspecified atom stereocenters. The Labute approximate surface area is 125 Å². The molecule has 1 aromatic heterocycles. The fourth-order valence-corrected chi connectivity index (χ4v) is 3.48. The van der Waals surface area contributed by atoms with Gasteiger partial charge in [0, 0.05) is 12.9 Å². The van der Waals surface area contributed by atoms with Gasteiger partial charge in [-0.2, -0.15) is 0 Å². The van der Waals surface area contributed by atoms with Gasteiger partial charge in [-0.15, -0.1) is 11.3 Å². The zero-order valence-electron chi connectivity index (χ0n) is 8.08. The van der Waals surface area contributed by atoms with Crippen LogP contribution in [0.3, 0.4) is 0 Å². The first-order chi connectivity index (χ1) is 7.58. The van der Waals surface area contributed by atoms with Gasteiger partial charge in [-0.25, -0.2) is 0 Å². The van der Waals surface area contributed by atoms with Gasteiger partial charge in [0.25, 0.3) is 0 Å². The maximum absolute atomic E-state index is 6.18. The third kappa shape index (κ3) is 2.79. The molecule has 2 aromatic rings. The lowest BCUT2D eigenvalue weighted by Crippen LogP contribution is -2.09. The van der Waals surface area contributed by atoms with E-state index in [1.165, 1.54) is 14.9 Å². The molecule has 2 N–H and O–H groups in total. The first-order valence-corrected chi connectivity index (χ1v) is 7.60. The molecule has 0 bridgehead atoms. The minimum Gasteiger partial charge on any atom is -0.320 e. The molecule has 1 aromatic carbocycles. The van der Waals surface area contributed by atoms with E-state index in [1.54, 1.807) is 0 Å². The van der Waals surface area contributed by atoms with E-state index in [-0.39, 0.29) is 6.04 Å². The number of benzene rings is 1. The second-order valence-electron chi connectivity index (χ2n) is 3.30. The number of hydrogen-bond acceptors (Lipinski definition) is 2. The summed E-state index contributed by atoms with van der Waals surface area (Å²) in [6.07, 6.45) is 0. The van der Waals surface area contributed by atoms with Gasteiger partial charge < -0.3 is 5.73 Å². The van der Waals surface area contributed by atoms with E-state index < -0.39 is 0 Å². The van der Waals surface area contributed by atoms with E-state index in [0.29, 0.717) is 0 Å². The molecule has 0 saturated carbocycles. The van der Waals surface area contributed by atoms with Crippen LogP contribution in [0.25, 0.3) is 0 Å². The van der Waals surface area contributed by atoms with Gasteiger partial charge in [0.2, 0.25) is 0 Å². The van der Waals surface area contributed by atoms with Crippen LogP contribution < -0.4 is 5.73 Å². The van der Waals surface area contributed by atoms with Crippen molar-refractivity contribution >= 4 is 61.5 Å². The fourth-order valence-electron chi connectivity index (χ4n) is 1.35. The Morgan fingerprint density at radius 1 is 1.31 bits per heavy atom. The Balaban J connectivity index is 2.31. The van der Waals surface area contributed by atoms with Crippen LogP contribution in [-0.2, 0) is 0 Å². The van der Waals surface area contributed by atoms with Crippen molar-refractivity contribution in [1.82, 2.24) is 0 Å². The Morgan fingerprint density at radius 3 is 2.44 bits per heavy atom. The smallest absolute Gasteiger partial charge is 0.107 e. The van der Waals surface area contributed by atoms with Crippen LogP contribution in [0.4, 0.5) is 0 Å². The first-order valence-electron chi connectivity index (χ1n) is 4.53. The summed E-state index contributed by atoms with van der Waals surface area (Å²) in [7, 11) is 0. The van der Waals surface area contributed by atoms with Crippen LogP contribution in [0, 0.1) is 3.57 Å². The van der Waals surface area contributed by atoms with Gasteiger partial charge in [-0.1, -0.05) is 23.7 Å². The lowest BCUT2D eigenvalue weighted by atomic mass is 10.1. The molecular formula is C11H8BrClINS. The molecule has 5 heteroatoms. The quantitative estimate of drug-likeness (QED) is 0.682. The molecule has 0 spiro atoms. The van der Waals surface area contributed by atoms with Gasteiger partial charge in [0.05, 0.1) is 6.04 Å². The van der Waals surface area contributed by atoms with Crippen LogP contribution in [-0.4, -0.2) is 0 Å². The Morgan fingerprint density at radius 2 is 1.94 bits per heavy atom. The maximum atomic E-state index is 6.18. The summed E-state index contributed by atoms with van der Waals surface area (Å²) in [6, 6.07) is 10.1. The van der Waals surface area contributed by atoms with Crippen molar-refractivity contribution in [1.29, 1.82) is 0 Å². The molecular weight excluding hydrogens is 420 g/mol. The van der Waals surface area contributed by atoms with Crippen molar-refractivity contribution in [3.63, 3.8) is 0 Å². The molecule has 0 aliphatic rings. The Hall–Kier alpha value is 0.380. The Kier molecular flexibility index (Phi) is 4.29. The van der Waals surface area contributed by atoms with Crippen LogP contribution in [0.15, 0.2) is 34.8 Å². The summed E-state index contributed by atoms with van der Waals surface area (Å²) in [4.78, 5) is 1.07. The van der Waals surface area contributed by atoms with Crippen molar-refractivity contribution in [2.75, 3.05) is 0 Å². The van der Waals surface area contributed by atoms with Crippen molar-refractivity contribution < 1.29 is 0 Å². The first kappa shape index (κ1) is 12.8. The van der Waals surface area contributed by atoms with Gasteiger partial charge in [-0.05, 0) is 62.3 Å². The summed E-state index contributed by atoms with van der Waals surface area (Å²) in [5.74, 6) is 0. The average molecular weight is 429 g/mol. The molecule has 84 valence electrons. The van der Waals surface area contributed by atoms with Gasteiger partial charge in [-0.3, -0.25) is 0 Å². The maximum Gasteiger partial charge on any atom is 0.107 e. The van der Waals surface area contributed by atoms with Gasteiger partial charge in [0.1, 0.15) is 4.34 Å². The normalized spacial score (nSPS) is 12.8. The van der Waals surface area contributed by atoms with Gasteiger partial charge >= 0.3 is 0 Å². The number of halogens is 3. The molecule has 16 heavy (non-hydrogen) atoms. The summed E-state index contributed by atoms with van der Waals surface area (Å²) in [5, 5.41) is 0. The SMILES string of the molecule is NC(c1ccc(I)cc1)c1cc(Br)c(Cl)s1. The molecule has 1 nitrogen and oxygen atoms in total. The number of hydrogen-bond donors (Lipinski definition) is 1. The molecule has 0 saturated heterocycles. The number of nitrogens with two attached hydrogens (primary N) is 1. The lowest BCUT2D eigenvalue weighted by molar-refractivity contribution is 0.892. The fraction of sp³-hybridized carbons (Fsp3) is 0.0909. The molecule has 0 amide bonds. The second-order valence-corrected chi connectivity index (χ2v) is 7.09. The highest BCUT2D eigenvalue weighted by atomic mass is 127. The average Bonchev–Trinajstić information content (AvgIpc) is 2.59. The van der Waals surface area contributed by atoms with Crippen LogP contribution in [0.1, 0.15) is 16.5 Å². The minimum absolute atomic E-state index is 0.106. The Bertz CT molecular complexity index is 478. The summed E-state index contributed by atoms with van der Waals surface area (Å²) < 4.78 is 2.87. The summed E-state index contributed by atoms with van der Waals surface area (Å²) in [6.45, 7) is 0. The monoisotopic (exact) mass is 427 g/mol. The molecule has 0 aliphatic heterocycles. The van der Waals surface area contributed by atoms with Gasteiger partial charge in [0.15, 0.2) is 0 Å². The second kappa shape index (κ2) is 5.35. The third-order valence-corrected chi connectivity index (χ3v) is 5.48. The van der Waals surface area contributed by atoms with Crippen LogP contribution in [0.5, 0.6) is 0 Å². The van der Waals surface area contributed by atoms with Crippen molar-refractivity contribution in [2.45, 2.75) is 6.04 Å². The summed E-state index contributed by atoms with van der Waals surface area (Å²) >= 11 is 13.2. The highest BCUT2D eigenvalue weighted by Crippen LogP contribution is 2.36. The van der Waals surface area contributed by atoms with E-state index in [1.807, 2.05) is 18.2 Å². The number of thiophene rings is 1. The topological polar surface area (TPSA) is 26.0 Å². The molecule has 1 heterocycles. The molecule has 1 atom stereocenters. The highest BCUT2D eigenvalue weighted by molar-refractivity contribution is 14.1. The molecule has 2 rings (SSSR count). The summed E-state index contributed by atoms with van der Waals surface area (Å²) in [5.41, 5.74) is 7.28. The number of rotatable bonds is 2. The third-order valence-electron chi connectivity index (χ3n) is 2.20.